The lowest BCUT2D eigenvalue weighted by Crippen LogP contribution is -2.11. The number of methoxy groups -OCH3 is 1. The normalized spacial score (nSPS) is 10.9. The molecule has 0 saturated carbocycles. The van der Waals surface area contributed by atoms with Crippen LogP contribution in [0.1, 0.15) is 5.56 Å². The highest BCUT2D eigenvalue weighted by atomic mass is 35.5. The highest BCUT2D eigenvalue weighted by molar-refractivity contribution is 6.30. The van der Waals surface area contributed by atoms with Gasteiger partial charge in [-0.1, -0.05) is 17.7 Å². The standard InChI is InChI=1S/C14H22ClNO4/c1-17-4-5-18-6-7-19-8-9-20-11-12-2-3-13(15)10-14(12)16/h2-3,10H,4-9,11,16H2,1H3. The minimum atomic E-state index is 0.455. The Kier molecular flexibility index (Phi) is 9.36. The van der Waals surface area contributed by atoms with Gasteiger partial charge < -0.3 is 24.7 Å². The van der Waals surface area contributed by atoms with Crippen LogP contribution in [0.15, 0.2) is 18.2 Å². The van der Waals surface area contributed by atoms with Crippen LogP contribution in [-0.2, 0) is 25.6 Å². The lowest BCUT2D eigenvalue weighted by Gasteiger charge is -2.08. The van der Waals surface area contributed by atoms with E-state index in [1.54, 1.807) is 19.2 Å². The van der Waals surface area contributed by atoms with Crippen LogP contribution in [0.5, 0.6) is 0 Å². The van der Waals surface area contributed by atoms with Gasteiger partial charge in [-0.25, -0.2) is 0 Å². The molecular weight excluding hydrogens is 282 g/mol. The van der Waals surface area contributed by atoms with Gasteiger partial charge in [0.05, 0.1) is 46.2 Å². The van der Waals surface area contributed by atoms with Gasteiger partial charge in [0, 0.05) is 23.4 Å². The number of rotatable bonds is 11. The second-order valence-electron chi connectivity index (χ2n) is 4.11. The molecule has 0 saturated heterocycles. The topological polar surface area (TPSA) is 62.9 Å². The second-order valence-corrected chi connectivity index (χ2v) is 4.55. The van der Waals surface area contributed by atoms with Gasteiger partial charge >= 0.3 is 0 Å². The van der Waals surface area contributed by atoms with E-state index in [0.29, 0.717) is 57.0 Å². The summed E-state index contributed by atoms with van der Waals surface area (Å²) in [5.74, 6) is 0. The minimum Gasteiger partial charge on any atom is -0.398 e. The first kappa shape index (κ1) is 17.2. The molecular formula is C14H22ClNO4. The third-order valence-corrected chi connectivity index (χ3v) is 2.78. The Labute approximate surface area is 124 Å². The average Bonchev–Trinajstić information content (AvgIpc) is 2.43. The predicted molar refractivity (Wildman–Crippen MR) is 79.0 cm³/mol. The van der Waals surface area contributed by atoms with Crippen LogP contribution in [0.2, 0.25) is 5.02 Å². The quantitative estimate of drug-likeness (QED) is 0.501. The van der Waals surface area contributed by atoms with E-state index in [4.69, 9.17) is 36.3 Å². The Morgan fingerprint density at radius 1 is 0.950 bits per heavy atom. The van der Waals surface area contributed by atoms with E-state index >= 15 is 0 Å². The molecule has 0 atom stereocenters. The fourth-order valence-corrected chi connectivity index (χ4v) is 1.64. The lowest BCUT2D eigenvalue weighted by atomic mass is 10.2. The van der Waals surface area contributed by atoms with E-state index < -0.39 is 0 Å². The van der Waals surface area contributed by atoms with Crippen LogP contribution in [0.4, 0.5) is 5.69 Å². The number of nitrogens with two attached hydrogens (primary N) is 1. The fraction of sp³-hybridized carbons (Fsp3) is 0.571. The molecule has 0 amide bonds. The van der Waals surface area contributed by atoms with Gasteiger partial charge in [-0.05, 0) is 12.1 Å². The molecule has 5 nitrogen and oxygen atoms in total. The zero-order valence-electron chi connectivity index (χ0n) is 11.8. The van der Waals surface area contributed by atoms with E-state index in [-0.39, 0.29) is 0 Å². The summed E-state index contributed by atoms with van der Waals surface area (Å²) < 4.78 is 20.9. The van der Waals surface area contributed by atoms with Gasteiger partial charge in [0.2, 0.25) is 0 Å². The Morgan fingerprint density at radius 2 is 1.55 bits per heavy atom. The zero-order valence-corrected chi connectivity index (χ0v) is 12.5. The first-order chi connectivity index (χ1) is 9.74. The zero-order chi connectivity index (χ0) is 14.6. The molecule has 0 aliphatic rings. The van der Waals surface area contributed by atoms with Crippen LogP contribution in [0.3, 0.4) is 0 Å². The van der Waals surface area contributed by atoms with E-state index in [0.717, 1.165) is 5.56 Å². The molecule has 0 aromatic heterocycles. The van der Waals surface area contributed by atoms with Gasteiger partial charge in [-0.2, -0.15) is 0 Å². The summed E-state index contributed by atoms with van der Waals surface area (Å²) in [7, 11) is 1.64. The second kappa shape index (κ2) is 10.9. The highest BCUT2D eigenvalue weighted by Gasteiger charge is 2.00. The molecule has 0 fully saturated rings. The highest BCUT2D eigenvalue weighted by Crippen LogP contribution is 2.18. The number of halogens is 1. The van der Waals surface area contributed by atoms with E-state index in [9.17, 15) is 0 Å². The Balaban J connectivity index is 1.97. The lowest BCUT2D eigenvalue weighted by molar-refractivity contribution is 0.000937. The predicted octanol–water partition coefficient (Wildman–Crippen LogP) is 2.12. The van der Waals surface area contributed by atoms with Gasteiger partial charge in [-0.15, -0.1) is 0 Å². The van der Waals surface area contributed by atoms with Crippen molar-refractivity contribution in [3.05, 3.63) is 28.8 Å². The Hall–Kier alpha value is -0.850. The van der Waals surface area contributed by atoms with Gasteiger partial charge in [0.25, 0.3) is 0 Å². The van der Waals surface area contributed by atoms with Crippen molar-refractivity contribution < 1.29 is 18.9 Å². The van der Waals surface area contributed by atoms with Gasteiger partial charge in [0.15, 0.2) is 0 Å². The average molecular weight is 304 g/mol. The molecule has 0 radical (unpaired) electrons. The summed E-state index contributed by atoms with van der Waals surface area (Å²) >= 11 is 5.82. The van der Waals surface area contributed by atoms with E-state index in [2.05, 4.69) is 0 Å². The molecule has 0 unspecified atom stereocenters. The SMILES string of the molecule is COCCOCCOCCOCc1ccc(Cl)cc1N. The van der Waals surface area contributed by atoms with Gasteiger partial charge in [-0.3, -0.25) is 0 Å². The maximum atomic E-state index is 5.82. The van der Waals surface area contributed by atoms with Gasteiger partial charge in [0.1, 0.15) is 0 Å². The summed E-state index contributed by atoms with van der Waals surface area (Å²) in [6.07, 6.45) is 0. The number of hydrogen-bond donors (Lipinski definition) is 1. The molecule has 0 aliphatic heterocycles. The van der Waals surface area contributed by atoms with Crippen molar-refractivity contribution in [3.63, 3.8) is 0 Å². The molecule has 0 aliphatic carbocycles. The third-order valence-electron chi connectivity index (χ3n) is 2.54. The smallest absolute Gasteiger partial charge is 0.0738 e. The summed E-state index contributed by atoms with van der Waals surface area (Å²) in [5, 5.41) is 0.628. The molecule has 0 bridgehead atoms. The number of benzene rings is 1. The molecule has 114 valence electrons. The van der Waals surface area contributed by atoms with Crippen LogP contribution < -0.4 is 5.73 Å². The maximum absolute atomic E-state index is 5.82. The van der Waals surface area contributed by atoms with Crippen molar-refractivity contribution in [2.45, 2.75) is 6.61 Å². The molecule has 1 rings (SSSR count). The molecule has 20 heavy (non-hydrogen) atoms. The van der Waals surface area contributed by atoms with Crippen molar-refractivity contribution >= 4 is 17.3 Å². The van der Waals surface area contributed by atoms with Crippen LogP contribution in [0, 0.1) is 0 Å². The first-order valence-corrected chi connectivity index (χ1v) is 6.88. The monoisotopic (exact) mass is 303 g/mol. The fourth-order valence-electron chi connectivity index (χ4n) is 1.46. The summed E-state index contributed by atoms with van der Waals surface area (Å²) in [4.78, 5) is 0. The first-order valence-electron chi connectivity index (χ1n) is 6.50. The molecule has 0 heterocycles. The molecule has 0 spiro atoms. The number of nitrogen functional groups attached to an aromatic ring is 1. The third kappa shape index (κ3) is 7.67. The summed E-state index contributed by atoms with van der Waals surface area (Å²) in [6.45, 7) is 3.81. The minimum absolute atomic E-state index is 0.455. The molecule has 1 aromatic rings. The number of ether oxygens (including phenoxy) is 4. The van der Waals surface area contributed by atoms with E-state index in [1.165, 1.54) is 0 Å². The Morgan fingerprint density at radius 3 is 2.15 bits per heavy atom. The number of hydrogen-bond acceptors (Lipinski definition) is 5. The van der Waals surface area contributed by atoms with Crippen LogP contribution in [-0.4, -0.2) is 46.8 Å². The van der Waals surface area contributed by atoms with Crippen LogP contribution >= 0.6 is 11.6 Å². The maximum Gasteiger partial charge on any atom is 0.0738 e. The Bertz CT molecular complexity index is 376. The molecule has 1 aromatic carbocycles. The van der Waals surface area contributed by atoms with Crippen molar-refractivity contribution in [2.24, 2.45) is 0 Å². The summed E-state index contributed by atoms with van der Waals surface area (Å²) in [6, 6.07) is 5.38. The number of anilines is 1. The summed E-state index contributed by atoms with van der Waals surface area (Å²) in [5.41, 5.74) is 7.39. The van der Waals surface area contributed by atoms with Crippen molar-refractivity contribution in [1.82, 2.24) is 0 Å². The largest absolute Gasteiger partial charge is 0.398 e. The molecule has 2 N–H and O–H groups in total. The van der Waals surface area contributed by atoms with Crippen molar-refractivity contribution in [3.8, 4) is 0 Å². The molecule has 6 heteroatoms. The van der Waals surface area contributed by atoms with Crippen LogP contribution in [0.25, 0.3) is 0 Å². The van der Waals surface area contributed by atoms with Crippen molar-refractivity contribution in [1.29, 1.82) is 0 Å². The van der Waals surface area contributed by atoms with Crippen molar-refractivity contribution in [2.75, 3.05) is 52.5 Å². The van der Waals surface area contributed by atoms with E-state index in [1.807, 2.05) is 6.07 Å².